The number of halogens is 3. The van der Waals surface area contributed by atoms with Crippen molar-refractivity contribution in [3.8, 4) is 5.75 Å². The van der Waals surface area contributed by atoms with Crippen molar-refractivity contribution in [2.24, 2.45) is 0 Å². The number of nitrogens with one attached hydrogen (secondary N) is 2. The van der Waals surface area contributed by atoms with Crippen molar-refractivity contribution < 1.29 is 13.9 Å². The van der Waals surface area contributed by atoms with Crippen LogP contribution in [0.25, 0.3) is 0 Å². The lowest BCUT2D eigenvalue weighted by atomic mass is 9.99. The second-order valence-corrected chi connectivity index (χ2v) is 6.56. The van der Waals surface area contributed by atoms with Gasteiger partial charge in [0.1, 0.15) is 11.6 Å². The molecule has 1 amide bonds. The van der Waals surface area contributed by atoms with Gasteiger partial charge in [0.15, 0.2) is 0 Å². The first-order valence-electron chi connectivity index (χ1n) is 7.93. The van der Waals surface area contributed by atoms with Gasteiger partial charge in [-0.25, -0.2) is 4.39 Å². The third kappa shape index (κ3) is 4.42. The van der Waals surface area contributed by atoms with Crippen molar-refractivity contribution in [3.63, 3.8) is 0 Å². The molecular formula is C18H17Cl2FN2O2. The molecule has 0 aliphatic carbocycles. The number of carbonyl (C=O) groups excluding carboxylic acids is 1. The minimum absolute atomic E-state index is 0.0804. The minimum atomic E-state index is -0.353. The van der Waals surface area contributed by atoms with Gasteiger partial charge < -0.3 is 15.4 Å². The number of anilines is 1. The molecule has 1 aliphatic rings. The molecule has 0 fully saturated rings. The molecule has 4 nitrogen and oxygen atoms in total. The van der Waals surface area contributed by atoms with E-state index in [1.54, 1.807) is 24.3 Å². The lowest BCUT2D eigenvalue weighted by Crippen LogP contribution is -2.25. The number of amides is 1. The molecule has 0 saturated heterocycles. The molecule has 3 rings (SSSR count). The lowest BCUT2D eigenvalue weighted by Gasteiger charge is -2.19. The molecular weight excluding hydrogens is 366 g/mol. The molecule has 0 atom stereocenters. The number of hydrogen-bond donors (Lipinski definition) is 2. The van der Waals surface area contributed by atoms with E-state index in [0.717, 1.165) is 12.1 Å². The zero-order valence-electron chi connectivity index (χ0n) is 13.4. The largest absolute Gasteiger partial charge is 0.491 e. The third-order valence-electron chi connectivity index (χ3n) is 3.96. The Kier molecular flexibility index (Phi) is 5.78. The van der Waals surface area contributed by atoms with Crippen LogP contribution in [0.5, 0.6) is 5.75 Å². The van der Waals surface area contributed by atoms with Crippen molar-refractivity contribution in [2.45, 2.75) is 19.4 Å². The highest BCUT2D eigenvalue weighted by molar-refractivity contribution is 6.35. The van der Waals surface area contributed by atoms with Gasteiger partial charge in [-0.15, -0.1) is 0 Å². The molecule has 25 heavy (non-hydrogen) atoms. The molecule has 0 bridgehead atoms. The predicted octanol–water partition coefficient (Wildman–Crippen LogP) is 4.19. The van der Waals surface area contributed by atoms with Crippen molar-refractivity contribution in [3.05, 3.63) is 57.3 Å². The zero-order chi connectivity index (χ0) is 17.8. The summed E-state index contributed by atoms with van der Waals surface area (Å²) < 4.78 is 20.0. The fourth-order valence-electron chi connectivity index (χ4n) is 2.69. The van der Waals surface area contributed by atoms with Crippen LogP contribution in [0, 0.1) is 5.82 Å². The smallest absolute Gasteiger partial charge is 0.227 e. The minimum Gasteiger partial charge on any atom is -0.491 e. The van der Waals surface area contributed by atoms with Crippen LogP contribution in [0.1, 0.15) is 17.5 Å². The van der Waals surface area contributed by atoms with Crippen molar-refractivity contribution in [1.82, 2.24) is 5.32 Å². The van der Waals surface area contributed by atoms with Crippen LogP contribution in [0.2, 0.25) is 10.0 Å². The van der Waals surface area contributed by atoms with Crippen LogP contribution in [-0.4, -0.2) is 19.1 Å². The van der Waals surface area contributed by atoms with E-state index in [2.05, 4.69) is 10.6 Å². The zero-order valence-corrected chi connectivity index (χ0v) is 14.9. The summed E-state index contributed by atoms with van der Waals surface area (Å²) in [6.07, 6.45) is 0.695. The van der Waals surface area contributed by atoms with Gasteiger partial charge in [-0.2, -0.15) is 0 Å². The Balaban J connectivity index is 1.56. The van der Waals surface area contributed by atoms with Crippen LogP contribution in [0.3, 0.4) is 0 Å². The van der Waals surface area contributed by atoms with Gasteiger partial charge in [0.25, 0.3) is 0 Å². The maximum Gasteiger partial charge on any atom is 0.227 e. The Bertz CT molecular complexity index is 799. The Morgan fingerprint density at radius 1 is 1.28 bits per heavy atom. The van der Waals surface area contributed by atoms with Crippen LogP contribution in [0.15, 0.2) is 30.3 Å². The summed E-state index contributed by atoms with van der Waals surface area (Å²) in [5.41, 5.74) is 1.80. The van der Waals surface area contributed by atoms with E-state index in [-0.39, 0.29) is 30.4 Å². The first kappa shape index (κ1) is 18.0. The van der Waals surface area contributed by atoms with Crippen molar-refractivity contribution in [1.29, 1.82) is 0 Å². The van der Waals surface area contributed by atoms with Crippen molar-refractivity contribution in [2.75, 3.05) is 18.5 Å². The Hall–Kier alpha value is -1.82. The van der Waals surface area contributed by atoms with E-state index in [1.807, 2.05) is 6.07 Å². The summed E-state index contributed by atoms with van der Waals surface area (Å²) in [5, 5.41) is 6.68. The molecule has 0 saturated carbocycles. The maximum atomic E-state index is 14.5. The van der Waals surface area contributed by atoms with Crippen LogP contribution < -0.4 is 15.4 Å². The first-order valence-corrected chi connectivity index (χ1v) is 8.69. The summed E-state index contributed by atoms with van der Waals surface area (Å²) in [5.74, 6) is -0.224. The van der Waals surface area contributed by atoms with Crippen LogP contribution in [0.4, 0.5) is 10.1 Å². The van der Waals surface area contributed by atoms with E-state index >= 15 is 0 Å². The van der Waals surface area contributed by atoms with Gasteiger partial charge >= 0.3 is 0 Å². The number of ether oxygens (including phenoxy) is 1. The van der Waals surface area contributed by atoms with Gasteiger partial charge in [0.05, 0.1) is 23.7 Å². The second kappa shape index (κ2) is 8.04. The summed E-state index contributed by atoms with van der Waals surface area (Å²) in [6, 6.07) is 8.29. The van der Waals surface area contributed by atoms with Gasteiger partial charge in [0, 0.05) is 11.6 Å². The summed E-state index contributed by atoms with van der Waals surface area (Å²) in [6.45, 7) is 1.51. The molecule has 2 aromatic carbocycles. The highest BCUT2D eigenvalue weighted by Crippen LogP contribution is 2.28. The molecule has 7 heteroatoms. The molecule has 1 heterocycles. The average molecular weight is 383 g/mol. The standard InChI is InChI=1S/C18H17Cl2FN2O2/c19-12-2-4-16(14(20)9-12)25-8-6-17(24)23-15-3-1-11-10-22-7-5-13(11)18(15)21/h1-4,9,22H,5-8,10H2,(H,23,24). The average Bonchev–Trinajstić information content (AvgIpc) is 2.59. The number of carbonyl (C=O) groups is 1. The maximum absolute atomic E-state index is 14.5. The molecule has 0 unspecified atom stereocenters. The molecule has 1 aliphatic heterocycles. The van der Waals surface area contributed by atoms with E-state index < -0.39 is 0 Å². The Morgan fingerprint density at radius 2 is 2.12 bits per heavy atom. The predicted molar refractivity (Wildman–Crippen MR) is 97.0 cm³/mol. The summed E-state index contributed by atoms with van der Waals surface area (Å²) in [7, 11) is 0. The lowest BCUT2D eigenvalue weighted by molar-refractivity contribution is -0.116. The second-order valence-electron chi connectivity index (χ2n) is 5.71. The molecule has 132 valence electrons. The Morgan fingerprint density at radius 3 is 2.92 bits per heavy atom. The molecule has 2 aromatic rings. The molecule has 0 radical (unpaired) electrons. The fraction of sp³-hybridized carbons (Fsp3) is 0.278. The normalized spacial score (nSPS) is 13.2. The Labute approximate surface area is 155 Å². The topological polar surface area (TPSA) is 50.4 Å². The van der Waals surface area contributed by atoms with E-state index in [0.29, 0.717) is 34.3 Å². The van der Waals surface area contributed by atoms with Gasteiger partial charge in [-0.3, -0.25) is 4.79 Å². The number of hydrogen-bond acceptors (Lipinski definition) is 3. The molecule has 0 spiro atoms. The number of fused-ring (bicyclic) bond motifs is 1. The highest BCUT2D eigenvalue weighted by atomic mass is 35.5. The molecule has 2 N–H and O–H groups in total. The van der Waals surface area contributed by atoms with Gasteiger partial charge in [0.2, 0.25) is 5.91 Å². The number of benzene rings is 2. The fourth-order valence-corrected chi connectivity index (χ4v) is 3.15. The highest BCUT2D eigenvalue weighted by Gasteiger charge is 2.17. The van der Waals surface area contributed by atoms with E-state index in [4.69, 9.17) is 27.9 Å². The molecule has 0 aromatic heterocycles. The van der Waals surface area contributed by atoms with E-state index in [9.17, 15) is 9.18 Å². The van der Waals surface area contributed by atoms with Crippen LogP contribution in [-0.2, 0) is 17.8 Å². The third-order valence-corrected chi connectivity index (χ3v) is 4.49. The van der Waals surface area contributed by atoms with Crippen molar-refractivity contribution >= 4 is 34.8 Å². The van der Waals surface area contributed by atoms with Crippen LogP contribution >= 0.6 is 23.2 Å². The summed E-state index contributed by atoms with van der Waals surface area (Å²) in [4.78, 5) is 12.0. The van der Waals surface area contributed by atoms with Gasteiger partial charge in [-0.05, 0) is 48.4 Å². The van der Waals surface area contributed by atoms with Gasteiger partial charge in [-0.1, -0.05) is 29.3 Å². The monoisotopic (exact) mass is 382 g/mol. The summed E-state index contributed by atoms with van der Waals surface area (Å²) >= 11 is 11.8. The number of rotatable bonds is 5. The first-order chi connectivity index (χ1) is 12.0. The quantitative estimate of drug-likeness (QED) is 0.814. The van der Waals surface area contributed by atoms with E-state index in [1.165, 1.54) is 0 Å². The SMILES string of the molecule is O=C(CCOc1ccc(Cl)cc1Cl)Nc1ccc2c(c1F)CCNC2.